The van der Waals surface area contributed by atoms with Crippen molar-refractivity contribution in [2.45, 2.75) is 18.4 Å². The van der Waals surface area contributed by atoms with Gasteiger partial charge in [-0.3, -0.25) is 9.59 Å². The first-order chi connectivity index (χ1) is 8.11. The molecule has 0 bridgehead atoms. The van der Waals surface area contributed by atoms with E-state index in [-0.39, 0.29) is 11.7 Å². The van der Waals surface area contributed by atoms with Gasteiger partial charge < -0.3 is 5.32 Å². The number of carbonyl (C=O) groups is 2. The Labute approximate surface area is 103 Å². The maximum absolute atomic E-state index is 11.8. The molecule has 1 aliphatic heterocycles. The predicted octanol–water partition coefficient (Wildman–Crippen LogP) is 2.20. The second-order valence-corrected chi connectivity index (χ2v) is 4.84. The molecule has 0 saturated carbocycles. The summed E-state index contributed by atoms with van der Waals surface area (Å²) in [6.45, 7) is 0. The van der Waals surface area contributed by atoms with Crippen molar-refractivity contribution in [1.82, 2.24) is 5.32 Å². The molecule has 1 atom stereocenters. The van der Waals surface area contributed by atoms with Crippen LogP contribution in [-0.2, 0) is 10.3 Å². The summed E-state index contributed by atoms with van der Waals surface area (Å²) in [6.07, 6.45) is 4.45. The Hall–Kier alpha value is -1.61. The Morgan fingerprint density at radius 1 is 1.29 bits per heavy atom. The quantitative estimate of drug-likeness (QED) is 0.764. The van der Waals surface area contributed by atoms with Gasteiger partial charge in [-0.25, -0.2) is 0 Å². The number of fused-ring (bicyclic) bond motifs is 2. The number of carbonyl (C=O) groups excluding carboxylic acids is 2. The molecule has 1 amide bonds. The molecule has 1 spiro atoms. The van der Waals surface area contributed by atoms with Gasteiger partial charge in [0, 0.05) is 17.0 Å². The molecular formula is C13H10ClNO2. The molecular weight excluding hydrogens is 238 g/mol. The van der Waals surface area contributed by atoms with Gasteiger partial charge in [-0.05, 0) is 36.3 Å². The van der Waals surface area contributed by atoms with Crippen molar-refractivity contribution >= 4 is 23.3 Å². The standard InChI is InChI=1S/C13H10ClNO2/c14-8-1-2-9-10(7-8)13(5-3-11(9)16)6-4-12(17)15-13/h1-3,5,7H,4,6H2,(H,15,17)/t13-/m1/s1. The minimum absolute atomic E-state index is 0.00919. The van der Waals surface area contributed by atoms with Gasteiger partial charge in [-0.1, -0.05) is 17.7 Å². The lowest BCUT2D eigenvalue weighted by Crippen LogP contribution is -2.40. The molecule has 17 heavy (non-hydrogen) atoms. The maximum Gasteiger partial charge on any atom is 0.221 e. The Kier molecular flexibility index (Phi) is 2.13. The summed E-state index contributed by atoms with van der Waals surface area (Å²) in [5, 5.41) is 3.51. The highest BCUT2D eigenvalue weighted by Crippen LogP contribution is 2.39. The number of halogens is 1. The van der Waals surface area contributed by atoms with Crippen molar-refractivity contribution in [2.75, 3.05) is 0 Å². The van der Waals surface area contributed by atoms with Crippen LogP contribution in [0.1, 0.15) is 28.8 Å². The van der Waals surface area contributed by atoms with Crippen molar-refractivity contribution in [3.8, 4) is 0 Å². The zero-order chi connectivity index (χ0) is 12.0. The summed E-state index contributed by atoms with van der Waals surface area (Å²) < 4.78 is 0. The fourth-order valence-corrected chi connectivity index (χ4v) is 2.68. The van der Waals surface area contributed by atoms with Gasteiger partial charge >= 0.3 is 0 Å². The van der Waals surface area contributed by atoms with E-state index in [2.05, 4.69) is 5.32 Å². The summed E-state index contributed by atoms with van der Waals surface area (Å²) in [5.74, 6) is -0.0293. The fourth-order valence-electron chi connectivity index (χ4n) is 2.51. The molecule has 1 fully saturated rings. The van der Waals surface area contributed by atoms with Crippen molar-refractivity contribution in [2.24, 2.45) is 0 Å². The van der Waals surface area contributed by atoms with Crippen LogP contribution in [-0.4, -0.2) is 11.7 Å². The molecule has 2 aliphatic rings. The second kappa shape index (κ2) is 3.44. The molecule has 3 nitrogen and oxygen atoms in total. The van der Waals surface area contributed by atoms with E-state index in [1.54, 1.807) is 24.3 Å². The summed E-state index contributed by atoms with van der Waals surface area (Å²) in [5.41, 5.74) is 0.896. The average Bonchev–Trinajstić information content (AvgIpc) is 2.67. The number of amides is 1. The summed E-state index contributed by atoms with van der Waals surface area (Å²) in [4.78, 5) is 23.2. The molecule has 1 saturated heterocycles. The van der Waals surface area contributed by atoms with Crippen molar-refractivity contribution < 1.29 is 9.59 Å². The van der Waals surface area contributed by atoms with Crippen molar-refractivity contribution in [3.63, 3.8) is 0 Å². The molecule has 4 heteroatoms. The Morgan fingerprint density at radius 3 is 2.82 bits per heavy atom. The van der Waals surface area contributed by atoms with Gasteiger partial charge in [0.15, 0.2) is 5.78 Å². The van der Waals surface area contributed by atoms with Crippen LogP contribution in [0.4, 0.5) is 0 Å². The SMILES string of the molecule is O=C1CC[C@@]2(C=CC(=O)c3ccc(Cl)cc32)N1. The van der Waals surface area contributed by atoms with Gasteiger partial charge in [0.05, 0.1) is 5.54 Å². The van der Waals surface area contributed by atoms with Crippen LogP contribution in [0.5, 0.6) is 0 Å². The monoisotopic (exact) mass is 247 g/mol. The minimum atomic E-state index is -0.536. The first kappa shape index (κ1) is 10.5. The van der Waals surface area contributed by atoms with Gasteiger partial charge in [0.1, 0.15) is 0 Å². The third-order valence-electron chi connectivity index (χ3n) is 3.36. The van der Waals surface area contributed by atoms with Crippen LogP contribution in [0.3, 0.4) is 0 Å². The van der Waals surface area contributed by atoms with Crippen molar-refractivity contribution in [3.05, 3.63) is 46.5 Å². The molecule has 1 N–H and O–H groups in total. The zero-order valence-corrected chi connectivity index (χ0v) is 9.75. The normalized spacial score (nSPS) is 26.2. The van der Waals surface area contributed by atoms with Crippen LogP contribution in [0.25, 0.3) is 0 Å². The molecule has 3 rings (SSSR count). The van der Waals surface area contributed by atoms with Crippen LogP contribution < -0.4 is 5.32 Å². The lowest BCUT2D eigenvalue weighted by molar-refractivity contribution is -0.119. The predicted molar refractivity (Wildman–Crippen MR) is 64.0 cm³/mol. The Balaban J connectivity index is 2.21. The number of hydrogen-bond acceptors (Lipinski definition) is 2. The van der Waals surface area contributed by atoms with E-state index in [1.807, 2.05) is 0 Å². The molecule has 1 aromatic carbocycles. The maximum atomic E-state index is 11.8. The Morgan fingerprint density at radius 2 is 2.12 bits per heavy atom. The highest BCUT2D eigenvalue weighted by molar-refractivity contribution is 6.30. The average molecular weight is 248 g/mol. The first-order valence-corrected chi connectivity index (χ1v) is 5.83. The Bertz CT molecular complexity index is 565. The summed E-state index contributed by atoms with van der Waals surface area (Å²) in [6, 6.07) is 5.18. The molecule has 86 valence electrons. The fraction of sp³-hybridized carbons (Fsp3) is 0.231. The van der Waals surface area contributed by atoms with E-state index >= 15 is 0 Å². The molecule has 0 radical (unpaired) electrons. The number of benzene rings is 1. The van der Waals surface area contributed by atoms with Gasteiger partial charge in [0.2, 0.25) is 5.91 Å². The number of hydrogen-bond donors (Lipinski definition) is 1. The van der Waals surface area contributed by atoms with Crippen LogP contribution in [0.2, 0.25) is 5.02 Å². The highest BCUT2D eigenvalue weighted by atomic mass is 35.5. The molecule has 1 aliphatic carbocycles. The third kappa shape index (κ3) is 1.50. The molecule has 1 heterocycles. The lowest BCUT2D eigenvalue weighted by Gasteiger charge is -2.30. The van der Waals surface area contributed by atoms with Crippen LogP contribution in [0.15, 0.2) is 30.4 Å². The minimum Gasteiger partial charge on any atom is -0.343 e. The van der Waals surface area contributed by atoms with Gasteiger partial charge in [-0.15, -0.1) is 0 Å². The molecule has 1 aromatic rings. The van der Waals surface area contributed by atoms with Crippen molar-refractivity contribution in [1.29, 1.82) is 0 Å². The number of allylic oxidation sites excluding steroid dienone is 1. The first-order valence-electron chi connectivity index (χ1n) is 5.45. The van der Waals surface area contributed by atoms with E-state index in [0.29, 0.717) is 23.4 Å². The number of ketones is 1. The zero-order valence-electron chi connectivity index (χ0n) is 9.00. The summed E-state index contributed by atoms with van der Waals surface area (Å²) >= 11 is 5.97. The van der Waals surface area contributed by atoms with Gasteiger partial charge in [0.25, 0.3) is 0 Å². The van der Waals surface area contributed by atoms with Gasteiger partial charge in [-0.2, -0.15) is 0 Å². The number of rotatable bonds is 0. The smallest absolute Gasteiger partial charge is 0.221 e. The highest BCUT2D eigenvalue weighted by Gasteiger charge is 2.41. The third-order valence-corrected chi connectivity index (χ3v) is 3.59. The largest absolute Gasteiger partial charge is 0.343 e. The van der Waals surface area contributed by atoms with E-state index in [9.17, 15) is 9.59 Å². The molecule has 0 aromatic heterocycles. The van der Waals surface area contributed by atoms with Crippen LogP contribution >= 0.6 is 11.6 Å². The second-order valence-electron chi connectivity index (χ2n) is 4.41. The van der Waals surface area contributed by atoms with E-state index in [4.69, 9.17) is 11.6 Å². The topological polar surface area (TPSA) is 46.2 Å². The molecule has 0 unspecified atom stereocenters. The lowest BCUT2D eigenvalue weighted by atomic mass is 9.80. The van der Waals surface area contributed by atoms with E-state index in [1.165, 1.54) is 6.08 Å². The van der Waals surface area contributed by atoms with E-state index < -0.39 is 5.54 Å². The van der Waals surface area contributed by atoms with E-state index in [0.717, 1.165) is 5.56 Å². The number of nitrogens with one attached hydrogen (secondary N) is 1. The summed E-state index contributed by atoms with van der Waals surface area (Å²) in [7, 11) is 0. The van der Waals surface area contributed by atoms with Crippen LogP contribution in [0, 0.1) is 0 Å².